The second-order valence-electron chi connectivity index (χ2n) is 7.03. The van der Waals surface area contributed by atoms with Crippen molar-refractivity contribution in [3.63, 3.8) is 0 Å². The Hall–Kier alpha value is -3.22. The average Bonchev–Trinajstić information content (AvgIpc) is 3.41. The van der Waals surface area contributed by atoms with Crippen molar-refractivity contribution in [1.82, 2.24) is 24.6 Å². The summed E-state index contributed by atoms with van der Waals surface area (Å²) in [5.41, 5.74) is 2.54. The van der Waals surface area contributed by atoms with E-state index in [9.17, 15) is 9.59 Å². The Kier molecular flexibility index (Phi) is 4.35. The third-order valence-electron chi connectivity index (χ3n) is 4.71. The van der Waals surface area contributed by atoms with Crippen molar-refractivity contribution in [2.45, 2.75) is 32.4 Å². The van der Waals surface area contributed by atoms with Crippen LogP contribution < -0.4 is 5.56 Å². The maximum atomic E-state index is 13.0. The average molecular weight is 363 g/mol. The lowest BCUT2D eigenvalue weighted by atomic mass is 10.1. The minimum absolute atomic E-state index is 0.0710. The van der Waals surface area contributed by atoms with Crippen LogP contribution in [0.2, 0.25) is 0 Å². The molecule has 1 saturated carbocycles. The van der Waals surface area contributed by atoms with Crippen LogP contribution in [0.3, 0.4) is 0 Å². The van der Waals surface area contributed by atoms with E-state index in [0.717, 1.165) is 29.5 Å². The normalized spacial score (nSPS) is 13.6. The van der Waals surface area contributed by atoms with E-state index in [-0.39, 0.29) is 17.5 Å². The highest BCUT2D eigenvalue weighted by atomic mass is 16.2. The summed E-state index contributed by atoms with van der Waals surface area (Å²) in [6, 6.07) is 7.88. The summed E-state index contributed by atoms with van der Waals surface area (Å²) in [5, 5.41) is 4.15. The molecular weight excluding hydrogens is 342 g/mol. The SMILES string of the molecule is Cc1ccc(-c2ncc(C(=O)N(Cc3cnn(C)c3)C3CC3)c(=O)[nH]2)cc1. The molecule has 0 atom stereocenters. The third kappa shape index (κ3) is 3.67. The van der Waals surface area contributed by atoms with E-state index in [1.165, 1.54) is 6.20 Å². The Morgan fingerprint density at radius 3 is 2.59 bits per heavy atom. The molecule has 4 rings (SSSR count). The van der Waals surface area contributed by atoms with Gasteiger partial charge in [0.2, 0.25) is 0 Å². The smallest absolute Gasteiger partial charge is 0.264 e. The Balaban J connectivity index is 1.60. The van der Waals surface area contributed by atoms with Crippen molar-refractivity contribution in [2.75, 3.05) is 0 Å². The predicted octanol–water partition coefficient (Wildman–Crippen LogP) is 2.28. The molecule has 2 heterocycles. The maximum absolute atomic E-state index is 13.0. The van der Waals surface area contributed by atoms with Crippen LogP contribution >= 0.6 is 0 Å². The van der Waals surface area contributed by atoms with Gasteiger partial charge in [-0.05, 0) is 19.8 Å². The second kappa shape index (κ2) is 6.83. The van der Waals surface area contributed by atoms with Crippen LogP contribution in [0.1, 0.15) is 34.3 Å². The number of carbonyl (C=O) groups excluding carboxylic acids is 1. The first kappa shape index (κ1) is 17.2. The summed E-state index contributed by atoms with van der Waals surface area (Å²) in [4.78, 5) is 34.4. The number of benzene rings is 1. The Morgan fingerprint density at radius 2 is 2.00 bits per heavy atom. The van der Waals surface area contributed by atoms with Crippen molar-refractivity contribution in [3.8, 4) is 11.4 Å². The molecule has 7 heteroatoms. The van der Waals surface area contributed by atoms with Crippen LogP contribution in [0, 0.1) is 6.92 Å². The highest BCUT2D eigenvalue weighted by Crippen LogP contribution is 2.29. The number of amides is 1. The fraction of sp³-hybridized carbons (Fsp3) is 0.300. The molecule has 1 N–H and O–H groups in total. The van der Waals surface area contributed by atoms with Gasteiger partial charge in [0, 0.05) is 43.2 Å². The lowest BCUT2D eigenvalue weighted by Crippen LogP contribution is -2.36. The van der Waals surface area contributed by atoms with Gasteiger partial charge in [-0.1, -0.05) is 29.8 Å². The van der Waals surface area contributed by atoms with E-state index < -0.39 is 5.56 Å². The van der Waals surface area contributed by atoms with E-state index in [1.54, 1.807) is 15.8 Å². The van der Waals surface area contributed by atoms with E-state index in [1.807, 2.05) is 44.4 Å². The van der Waals surface area contributed by atoms with Crippen molar-refractivity contribution < 1.29 is 4.79 Å². The number of aryl methyl sites for hydroxylation is 2. The molecule has 0 aliphatic heterocycles. The van der Waals surface area contributed by atoms with Gasteiger partial charge < -0.3 is 9.88 Å². The highest BCUT2D eigenvalue weighted by Gasteiger charge is 2.34. The van der Waals surface area contributed by atoms with Crippen molar-refractivity contribution in [2.24, 2.45) is 7.05 Å². The van der Waals surface area contributed by atoms with Gasteiger partial charge in [0.05, 0.1) is 6.20 Å². The highest BCUT2D eigenvalue weighted by molar-refractivity contribution is 5.94. The summed E-state index contributed by atoms with van der Waals surface area (Å²) < 4.78 is 1.70. The molecule has 0 radical (unpaired) electrons. The van der Waals surface area contributed by atoms with E-state index >= 15 is 0 Å². The van der Waals surface area contributed by atoms with Gasteiger partial charge in [0.25, 0.3) is 11.5 Å². The quantitative estimate of drug-likeness (QED) is 0.754. The van der Waals surface area contributed by atoms with Crippen molar-refractivity contribution in [3.05, 3.63) is 69.9 Å². The summed E-state index contributed by atoms with van der Waals surface area (Å²) in [6.45, 7) is 2.44. The van der Waals surface area contributed by atoms with Gasteiger partial charge in [0.1, 0.15) is 11.4 Å². The Labute approximate surface area is 156 Å². The summed E-state index contributed by atoms with van der Waals surface area (Å²) in [6.07, 6.45) is 6.92. The van der Waals surface area contributed by atoms with Crippen molar-refractivity contribution >= 4 is 5.91 Å². The van der Waals surface area contributed by atoms with Gasteiger partial charge in [-0.2, -0.15) is 5.10 Å². The Bertz CT molecular complexity index is 1030. The number of aromatic nitrogens is 4. The first-order valence-electron chi connectivity index (χ1n) is 8.96. The number of hydrogen-bond acceptors (Lipinski definition) is 4. The Morgan fingerprint density at radius 1 is 1.26 bits per heavy atom. The van der Waals surface area contributed by atoms with Crippen LogP contribution in [-0.2, 0) is 13.6 Å². The molecule has 1 amide bonds. The van der Waals surface area contributed by atoms with E-state index in [2.05, 4.69) is 15.1 Å². The maximum Gasteiger partial charge on any atom is 0.264 e. The topological polar surface area (TPSA) is 83.9 Å². The van der Waals surface area contributed by atoms with Gasteiger partial charge >= 0.3 is 0 Å². The standard InChI is InChI=1S/C20H21N5O2/c1-13-3-5-15(6-4-13)18-21-10-17(19(26)23-18)20(27)25(16-7-8-16)12-14-9-22-24(2)11-14/h3-6,9-11,16H,7-8,12H2,1-2H3,(H,21,23,26). The van der Waals surface area contributed by atoms with Gasteiger partial charge in [-0.15, -0.1) is 0 Å². The van der Waals surface area contributed by atoms with E-state index in [4.69, 9.17) is 0 Å². The third-order valence-corrected chi connectivity index (χ3v) is 4.71. The summed E-state index contributed by atoms with van der Waals surface area (Å²) in [7, 11) is 1.84. The first-order chi connectivity index (χ1) is 13.0. The van der Waals surface area contributed by atoms with E-state index in [0.29, 0.717) is 12.4 Å². The zero-order chi connectivity index (χ0) is 19.0. The lowest BCUT2D eigenvalue weighted by molar-refractivity contribution is 0.0727. The molecule has 138 valence electrons. The summed E-state index contributed by atoms with van der Waals surface area (Å²) >= 11 is 0. The minimum atomic E-state index is -0.414. The zero-order valence-electron chi connectivity index (χ0n) is 15.3. The first-order valence-corrected chi connectivity index (χ1v) is 8.96. The molecule has 0 bridgehead atoms. The second-order valence-corrected chi connectivity index (χ2v) is 7.03. The van der Waals surface area contributed by atoms with Gasteiger partial charge in [-0.3, -0.25) is 14.3 Å². The minimum Gasteiger partial charge on any atom is -0.331 e. The molecule has 3 aromatic rings. The number of H-pyrrole nitrogens is 1. The number of carbonyl (C=O) groups is 1. The fourth-order valence-corrected chi connectivity index (χ4v) is 3.06. The molecule has 27 heavy (non-hydrogen) atoms. The number of nitrogens with one attached hydrogen (secondary N) is 1. The molecule has 0 saturated heterocycles. The lowest BCUT2D eigenvalue weighted by Gasteiger charge is -2.21. The number of aromatic amines is 1. The number of nitrogens with zero attached hydrogens (tertiary/aromatic N) is 4. The van der Waals surface area contributed by atoms with Gasteiger partial charge in [-0.25, -0.2) is 4.98 Å². The molecular formula is C20H21N5O2. The number of rotatable bonds is 5. The van der Waals surface area contributed by atoms with Crippen molar-refractivity contribution in [1.29, 1.82) is 0 Å². The molecule has 1 aliphatic rings. The molecule has 1 aromatic carbocycles. The molecule has 0 unspecified atom stereocenters. The molecule has 1 aliphatic carbocycles. The monoisotopic (exact) mass is 363 g/mol. The van der Waals surface area contributed by atoms with Crippen LogP contribution in [0.25, 0.3) is 11.4 Å². The van der Waals surface area contributed by atoms with Crippen LogP contribution in [-0.4, -0.2) is 36.6 Å². The molecule has 7 nitrogen and oxygen atoms in total. The van der Waals surface area contributed by atoms with Gasteiger partial charge in [0.15, 0.2) is 0 Å². The molecule has 2 aromatic heterocycles. The zero-order valence-corrected chi connectivity index (χ0v) is 15.3. The molecule has 0 spiro atoms. The fourth-order valence-electron chi connectivity index (χ4n) is 3.06. The molecule has 1 fully saturated rings. The van der Waals surface area contributed by atoms with Crippen LogP contribution in [0.5, 0.6) is 0 Å². The number of hydrogen-bond donors (Lipinski definition) is 1. The summed E-state index contributed by atoms with van der Waals surface area (Å²) in [5.74, 6) is 0.173. The van der Waals surface area contributed by atoms with Crippen LogP contribution in [0.15, 0.2) is 47.7 Å². The van der Waals surface area contributed by atoms with Crippen LogP contribution in [0.4, 0.5) is 0 Å². The largest absolute Gasteiger partial charge is 0.331 e. The predicted molar refractivity (Wildman–Crippen MR) is 101 cm³/mol.